The number of aromatic nitrogens is 1. The van der Waals surface area contributed by atoms with Crippen LogP contribution < -0.4 is 11.1 Å². The number of hydrogen-bond acceptors (Lipinski definition) is 5. The van der Waals surface area contributed by atoms with Crippen LogP contribution >= 0.6 is 0 Å². The molecule has 18 heavy (non-hydrogen) atoms. The van der Waals surface area contributed by atoms with Crippen molar-refractivity contribution in [3.8, 4) is 6.07 Å². The highest BCUT2D eigenvalue weighted by molar-refractivity contribution is 5.54. The average Bonchev–Trinajstić information content (AvgIpc) is 2.38. The first-order chi connectivity index (χ1) is 8.69. The second-order valence-corrected chi connectivity index (χ2v) is 4.90. The number of likely N-dealkylation sites (tertiary alicyclic amines) is 1. The Morgan fingerprint density at radius 3 is 3.17 bits per heavy atom. The van der Waals surface area contributed by atoms with Gasteiger partial charge in [-0.15, -0.1) is 0 Å². The Morgan fingerprint density at radius 1 is 1.61 bits per heavy atom. The number of nitrogens with one attached hydrogen (secondary N) is 1. The van der Waals surface area contributed by atoms with Crippen molar-refractivity contribution in [2.45, 2.75) is 12.8 Å². The molecule has 96 valence electrons. The second-order valence-electron chi connectivity index (χ2n) is 4.90. The molecule has 5 heteroatoms. The molecule has 1 atom stereocenters. The summed E-state index contributed by atoms with van der Waals surface area (Å²) < 4.78 is 0. The number of rotatable bonds is 3. The summed E-state index contributed by atoms with van der Waals surface area (Å²) >= 11 is 0. The third-order valence-electron chi connectivity index (χ3n) is 3.33. The highest BCUT2D eigenvalue weighted by Crippen LogP contribution is 2.17. The van der Waals surface area contributed by atoms with E-state index in [-0.39, 0.29) is 0 Å². The first-order valence-electron chi connectivity index (χ1n) is 6.28. The number of nitriles is 1. The summed E-state index contributed by atoms with van der Waals surface area (Å²) in [5.74, 6) is 1.38. The number of nitrogen functional groups attached to an aromatic ring is 1. The molecule has 0 aromatic carbocycles. The molecule has 1 aliphatic rings. The van der Waals surface area contributed by atoms with E-state index in [1.165, 1.54) is 19.4 Å². The zero-order valence-corrected chi connectivity index (χ0v) is 10.7. The van der Waals surface area contributed by atoms with E-state index in [2.05, 4.69) is 22.2 Å². The van der Waals surface area contributed by atoms with Gasteiger partial charge < -0.3 is 16.0 Å². The minimum absolute atomic E-state index is 0.292. The van der Waals surface area contributed by atoms with Crippen molar-refractivity contribution in [3.63, 3.8) is 0 Å². The van der Waals surface area contributed by atoms with Gasteiger partial charge in [0.1, 0.15) is 11.9 Å². The van der Waals surface area contributed by atoms with Crippen LogP contribution in [0.2, 0.25) is 0 Å². The number of pyridine rings is 1. The first-order valence-corrected chi connectivity index (χ1v) is 6.28. The Hall–Kier alpha value is -1.80. The predicted molar refractivity (Wildman–Crippen MR) is 72.1 cm³/mol. The summed E-state index contributed by atoms with van der Waals surface area (Å²) in [6.45, 7) is 3.20. The van der Waals surface area contributed by atoms with Crippen LogP contribution in [0.5, 0.6) is 0 Å². The summed E-state index contributed by atoms with van der Waals surface area (Å²) in [5, 5.41) is 12.2. The van der Waals surface area contributed by atoms with Crippen molar-refractivity contribution in [2.24, 2.45) is 5.92 Å². The van der Waals surface area contributed by atoms with Crippen molar-refractivity contribution in [1.82, 2.24) is 9.88 Å². The number of nitrogens with zero attached hydrogens (tertiary/aromatic N) is 3. The Morgan fingerprint density at radius 2 is 2.44 bits per heavy atom. The summed E-state index contributed by atoms with van der Waals surface area (Å²) in [6, 6.07) is 5.54. The molecule has 1 aliphatic heterocycles. The number of nitrogens with two attached hydrogens (primary N) is 1. The van der Waals surface area contributed by atoms with Gasteiger partial charge in [-0.1, -0.05) is 0 Å². The van der Waals surface area contributed by atoms with E-state index in [1.807, 2.05) is 12.1 Å². The van der Waals surface area contributed by atoms with Gasteiger partial charge in [0.15, 0.2) is 5.69 Å². The number of piperidine rings is 1. The lowest BCUT2D eigenvalue weighted by atomic mass is 9.98. The van der Waals surface area contributed by atoms with E-state index >= 15 is 0 Å². The molecular formula is C13H19N5. The topological polar surface area (TPSA) is 78.0 Å². The van der Waals surface area contributed by atoms with Gasteiger partial charge in [-0.2, -0.15) is 5.26 Å². The van der Waals surface area contributed by atoms with Crippen LogP contribution in [-0.2, 0) is 0 Å². The first kappa shape index (κ1) is 12.7. The van der Waals surface area contributed by atoms with Crippen molar-refractivity contribution >= 4 is 11.5 Å². The van der Waals surface area contributed by atoms with Gasteiger partial charge in [-0.25, -0.2) is 4.98 Å². The molecule has 5 nitrogen and oxygen atoms in total. The summed E-state index contributed by atoms with van der Waals surface area (Å²) in [4.78, 5) is 6.54. The summed E-state index contributed by atoms with van der Waals surface area (Å²) in [7, 11) is 2.15. The molecule has 0 bridgehead atoms. The van der Waals surface area contributed by atoms with Crippen LogP contribution in [0.1, 0.15) is 18.5 Å². The number of hydrogen-bond donors (Lipinski definition) is 2. The molecular weight excluding hydrogens is 226 g/mol. The minimum Gasteiger partial charge on any atom is -0.396 e. The normalized spacial score (nSPS) is 20.3. The SMILES string of the molecule is CN1CCCC(CNc2ccc(N)c(C#N)n2)C1. The Kier molecular flexibility index (Phi) is 4.00. The maximum atomic E-state index is 8.87. The molecule has 0 spiro atoms. The molecule has 0 saturated carbocycles. The Labute approximate surface area is 108 Å². The molecule has 2 rings (SSSR count). The molecule has 0 radical (unpaired) electrons. The fourth-order valence-electron chi connectivity index (χ4n) is 2.35. The van der Waals surface area contributed by atoms with Crippen LogP contribution in [0, 0.1) is 17.2 Å². The maximum absolute atomic E-state index is 8.87. The molecule has 3 N–H and O–H groups in total. The molecule has 1 fully saturated rings. The average molecular weight is 245 g/mol. The van der Waals surface area contributed by atoms with E-state index in [1.54, 1.807) is 6.07 Å². The zero-order chi connectivity index (χ0) is 13.0. The quantitative estimate of drug-likeness (QED) is 0.839. The standard InChI is InChI=1S/C13H19N5/c1-18-6-2-3-10(9-18)8-16-13-5-4-11(15)12(7-14)17-13/h4-5,10H,2-3,6,8-9,15H2,1H3,(H,16,17). The summed E-state index contributed by atoms with van der Waals surface area (Å²) in [6.07, 6.45) is 2.50. The van der Waals surface area contributed by atoms with Crippen LogP contribution in [-0.4, -0.2) is 36.6 Å². The smallest absolute Gasteiger partial charge is 0.165 e. The number of anilines is 2. The fourth-order valence-corrected chi connectivity index (χ4v) is 2.35. The Bertz CT molecular complexity index is 451. The highest BCUT2D eigenvalue weighted by Gasteiger charge is 2.16. The van der Waals surface area contributed by atoms with E-state index in [4.69, 9.17) is 11.0 Å². The van der Waals surface area contributed by atoms with Gasteiger partial charge in [0, 0.05) is 13.1 Å². The van der Waals surface area contributed by atoms with Crippen molar-refractivity contribution < 1.29 is 0 Å². The molecule has 2 heterocycles. The fraction of sp³-hybridized carbons (Fsp3) is 0.538. The van der Waals surface area contributed by atoms with Crippen molar-refractivity contribution in [1.29, 1.82) is 5.26 Å². The van der Waals surface area contributed by atoms with E-state index in [0.717, 1.165) is 18.9 Å². The van der Waals surface area contributed by atoms with E-state index in [0.29, 0.717) is 17.3 Å². The van der Waals surface area contributed by atoms with Gasteiger partial charge in [0.25, 0.3) is 0 Å². The second kappa shape index (κ2) is 5.69. The van der Waals surface area contributed by atoms with E-state index in [9.17, 15) is 0 Å². The lowest BCUT2D eigenvalue weighted by molar-refractivity contribution is 0.217. The monoisotopic (exact) mass is 245 g/mol. The maximum Gasteiger partial charge on any atom is 0.165 e. The van der Waals surface area contributed by atoms with Crippen molar-refractivity contribution in [2.75, 3.05) is 37.7 Å². The van der Waals surface area contributed by atoms with Crippen LogP contribution in [0.25, 0.3) is 0 Å². The largest absolute Gasteiger partial charge is 0.396 e. The molecule has 1 unspecified atom stereocenters. The molecule has 1 saturated heterocycles. The van der Waals surface area contributed by atoms with Gasteiger partial charge in [-0.3, -0.25) is 0 Å². The Balaban J connectivity index is 1.92. The lowest BCUT2D eigenvalue weighted by Crippen LogP contribution is -2.35. The van der Waals surface area contributed by atoms with E-state index < -0.39 is 0 Å². The molecule has 1 aromatic heterocycles. The predicted octanol–water partition coefficient (Wildman–Crippen LogP) is 1.29. The van der Waals surface area contributed by atoms with Gasteiger partial charge in [0.05, 0.1) is 5.69 Å². The van der Waals surface area contributed by atoms with Crippen LogP contribution in [0.3, 0.4) is 0 Å². The molecule has 0 amide bonds. The minimum atomic E-state index is 0.292. The zero-order valence-electron chi connectivity index (χ0n) is 10.7. The van der Waals surface area contributed by atoms with Gasteiger partial charge in [0.2, 0.25) is 0 Å². The molecule has 0 aliphatic carbocycles. The third-order valence-corrected chi connectivity index (χ3v) is 3.33. The molecule has 1 aromatic rings. The van der Waals surface area contributed by atoms with Crippen LogP contribution in [0.15, 0.2) is 12.1 Å². The lowest BCUT2D eigenvalue weighted by Gasteiger charge is -2.29. The van der Waals surface area contributed by atoms with Gasteiger partial charge >= 0.3 is 0 Å². The summed E-state index contributed by atoms with van der Waals surface area (Å²) in [5.41, 5.74) is 6.36. The van der Waals surface area contributed by atoms with Gasteiger partial charge in [-0.05, 0) is 44.5 Å². The van der Waals surface area contributed by atoms with Crippen LogP contribution in [0.4, 0.5) is 11.5 Å². The highest BCUT2D eigenvalue weighted by atomic mass is 15.1. The third kappa shape index (κ3) is 3.11. The van der Waals surface area contributed by atoms with Crippen molar-refractivity contribution in [3.05, 3.63) is 17.8 Å².